The average molecular weight is 239 g/mol. The van der Waals surface area contributed by atoms with Crippen molar-refractivity contribution in [1.82, 2.24) is 10.2 Å². The van der Waals surface area contributed by atoms with Gasteiger partial charge < -0.3 is 5.11 Å². The standard InChI is InChI=1S/C9H7BrN2O/c10-9-8(5-11-12-9)6-1-3-7(13)4-2-6/h1-5,13H,(H,11,12). The van der Waals surface area contributed by atoms with Crippen LogP contribution in [0.1, 0.15) is 0 Å². The quantitative estimate of drug-likeness (QED) is 0.803. The van der Waals surface area contributed by atoms with Crippen LogP contribution in [0.5, 0.6) is 5.75 Å². The van der Waals surface area contributed by atoms with E-state index in [-0.39, 0.29) is 5.75 Å². The molecule has 2 rings (SSSR count). The molecule has 0 aliphatic carbocycles. The molecular weight excluding hydrogens is 232 g/mol. The number of hydrogen-bond acceptors (Lipinski definition) is 2. The fourth-order valence-corrected chi connectivity index (χ4v) is 1.55. The molecule has 66 valence electrons. The highest BCUT2D eigenvalue weighted by Crippen LogP contribution is 2.26. The number of H-pyrrole nitrogens is 1. The number of hydrogen-bond donors (Lipinski definition) is 2. The molecule has 1 aromatic heterocycles. The Kier molecular flexibility index (Phi) is 2.06. The number of nitrogens with one attached hydrogen (secondary N) is 1. The first kappa shape index (κ1) is 8.31. The number of rotatable bonds is 1. The van der Waals surface area contributed by atoms with E-state index >= 15 is 0 Å². The highest BCUT2D eigenvalue weighted by molar-refractivity contribution is 9.10. The Balaban J connectivity index is 2.47. The van der Waals surface area contributed by atoms with Crippen molar-refractivity contribution >= 4 is 15.9 Å². The van der Waals surface area contributed by atoms with Crippen molar-refractivity contribution in [3.05, 3.63) is 35.1 Å². The van der Waals surface area contributed by atoms with Gasteiger partial charge in [0.25, 0.3) is 0 Å². The fraction of sp³-hybridized carbons (Fsp3) is 0. The molecule has 1 aromatic carbocycles. The minimum Gasteiger partial charge on any atom is -0.508 e. The summed E-state index contributed by atoms with van der Waals surface area (Å²) in [5.41, 5.74) is 2.00. The topological polar surface area (TPSA) is 48.9 Å². The second kappa shape index (κ2) is 3.22. The van der Waals surface area contributed by atoms with Crippen molar-refractivity contribution in [1.29, 1.82) is 0 Å². The summed E-state index contributed by atoms with van der Waals surface area (Å²) < 4.78 is 0.846. The van der Waals surface area contributed by atoms with Gasteiger partial charge in [0, 0.05) is 5.56 Å². The van der Waals surface area contributed by atoms with Gasteiger partial charge in [-0.15, -0.1) is 0 Å². The molecule has 0 bridgehead atoms. The number of halogens is 1. The van der Waals surface area contributed by atoms with Gasteiger partial charge in [0.15, 0.2) is 0 Å². The molecule has 0 saturated heterocycles. The highest BCUT2D eigenvalue weighted by atomic mass is 79.9. The lowest BCUT2D eigenvalue weighted by Crippen LogP contribution is -1.74. The summed E-state index contributed by atoms with van der Waals surface area (Å²) >= 11 is 3.34. The van der Waals surface area contributed by atoms with Gasteiger partial charge in [-0.05, 0) is 33.6 Å². The molecule has 0 aliphatic rings. The summed E-state index contributed by atoms with van der Waals surface area (Å²) in [5.74, 6) is 0.267. The number of phenols is 1. The normalized spacial score (nSPS) is 10.2. The van der Waals surface area contributed by atoms with E-state index in [0.29, 0.717) is 0 Å². The zero-order valence-electron chi connectivity index (χ0n) is 6.66. The molecule has 4 heteroatoms. The SMILES string of the molecule is Oc1ccc(-c2cn[nH]c2Br)cc1. The zero-order valence-corrected chi connectivity index (χ0v) is 8.25. The number of phenolic OH excluding ortho intramolecular Hbond substituents is 1. The Morgan fingerprint density at radius 2 is 1.92 bits per heavy atom. The van der Waals surface area contributed by atoms with E-state index in [0.717, 1.165) is 15.7 Å². The summed E-state index contributed by atoms with van der Waals surface area (Å²) in [6.07, 6.45) is 1.73. The van der Waals surface area contributed by atoms with E-state index in [1.54, 1.807) is 18.3 Å². The van der Waals surface area contributed by atoms with Gasteiger partial charge >= 0.3 is 0 Å². The summed E-state index contributed by atoms with van der Waals surface area (Å²) in [6, 6.07) is 6.97. The number of aromatic amines is 1. The molecule has 0 spiro atoms. The van der Waals surface area contributed by atoms with Crippen molar-refractivity contribution in [2.45, 2.75) is 0 Å². The van der Waals surface area contributed by atoms with Crippen LogP contribution in [0.3, 0.4) is 0 Å². The molecule has 0 unspecified atom stereocenters. The lowest BCUT2D eigenvalue weighted by Gasteiger charge is -1.97. The lowest BCUT2D eigenvalue weighted by atomic mass is 10.1. The van der Waals surface area contributed by atoms with Crippen molar-refractivity contribution in [2.24, 2.45) is 0 Å². The monoisotopic (exact) mass is 238 g/mol. The van der Waals surface area contributed by atoms with Crippen LogP contribution >= 0.6 is 15.9 Å². The van der Waals surface area contributed by atoms with E-state index in [9.17, 15) is 0 Å². The number of aromatic hydroxyl groups is 1. The van der Waals surface area contributed by atoms with Crippen LogP contribution in [0, 0.1) is 0 Å². The molecule has 0 atom stereocenters. The third-order valence-electron chi connectivity index (χ3n) is 1.77. The first-order chi connectivity index (χ1) is 6.27. The summed E-state index contributed by atoms with van der Waals surface area (Å²) in [6.45, 7) is 0. The van der Waals surface area contributed by atoms with Crippen molar-refractivity contribution in [2.75, 3.05) is 0 Å². The first-order valence-corrected chi connectivity index (χ1v) is 4.55. The molecular formula is C9H7BrN2O. The Bertz CT molecular complexity index is 408. The second-order valence-corrected chi connectivity index (χ2v) is 3.44. The Morgan fingerprint density at radius 3 is 2.46 bits per heavy atom. The van der Waals surface area contributed by atoms with Crippen LogP contribution in [0.25, 0.3) is 11.1 Å². The maximum Gasteiger partial charge on any atom is 0.115 e. The van der Waals surface area contributed by atoms with Gasteiger partial charge in [0.05, 0.1) is 6.20 Å². The van der Waals surface area contributed by atoms with E-state index < -0.39 is 0 Å². The first-order valence-electron chi connectivity index (χ1n) is 3.75. The van der Waals surface area contributed by atoms with Crippen LogP contribution in [0.2, 0.25) is 0 Å². The number of benzene rings is 1. The van der Waals surface area contributed by atoms with Gasteiger partial charge in [-0.3, -0.25) is 5.10 Å². The maximum atomic E-state index is 9.09. The summed E-state index contributed by atoms with van der Waals surface area (Å²) in [7, 11) is 0. The van der Waals surface area contributed by atoms with Gasteiger partial charge in [-0.2, -0.15) is 5.10 Å². The Morgan fingerprint density at radius 1 is 1.23 bits per heavy atom. The van der Waals surface area contributed by atoms with E-state index in [1.807, 2.05) is 12.1 Å². The van der Waals surface area contributed by atoms with Crippen molar-refractivity contribution < 1.29 is 5.11 Å². The van der Waals surface area contributed by atoms with Gasteiger partial charge in [0.1, 0.15) is 10.4 Å². The van der Waals surface area contributed by atoms with Crippen LogP contribution in [0.4, 0.5) is 0 Å². The van der Waals surface area contributed by atoms with Crippen LogP contribution < -0.4 is 0 Å². The minimum atomic E-state index is 0.267. The average Bonchev–Trinajstić information content (AvgIpc) is 2.53. The largest absolute Gasteiger partial charge is 0.508 e. The smallest absolute Gasteiger partial charge is 0.115 e. The van der Waals surface area contributed by atoms with E-state index in [4.69, 9.17) is 5.11 Å². The predicted molar refractivity (Wildman–Crippen MR) is 53.4 cm³/mol. The van der Waals surface area contributed by atoms with Gasteiger partial charge in [-0.1, -0.05) is 12.1 Å². The molecule has 0 amide bonds. The highest BCUT2D eigenvalue weighted by Gasteiger charge is 2.03. The van der Waals surface area contributed by atoms with Crippen molar-refractivity contribution in [3.8, 4) is 16.9 Å². The fourth-order valence-electron chi connectivity index (χ4n) is 1.11. The molecule has 0 saturated carbocycles. The maximum absolute atomic E-state index is 9.09. The van der Waals surface area contributed by atoms with E-state index in [1.165, 1.54) is 0 Å². The number of nitrogens with zero attached hydrogens (tertiary/aromatic N) is 1. The Labute approximate surface area is 83.5 Å². The molecule has 2 N–H and O–H groups in total. The summed E-state index contributed by atoms with van der Waals surface area (Å²) in [5, 5.41) is 15.8. The minimum absolute atomic E-state index is 0.267. The molecule has 0 fully saturated rings. The second-order valence-electron chi connectivity index (χ2n) is 2.64. The zero-order chi connectivity index (χ0) is 9.26. The van der Waals surface area contributed by atoms with Crippen LogP contribution in [-0.2, 0) is 0 Å². The number of aromatic nitrogens is 2. The third-order valence-corrected chi connectivity index (χ3v) is 2.38. The molecule has 2 aromatic rings. The summed E-state index contributed by atoms with van der Waals surface area (Å²) in [4.78, 5) is 0. The van der Waals surface area contributed by atoms with Gasteiger partial charge in [0.2, 0.25) is 0 Å². The van der Waals surface area contributed by atoms with Crippen LogP contribution in [0.15, 0.2) is 35.1 Å². The van der Waals surface area contributed by atoms with Gasteiger partial charge in [-0.25, -0.2) is 0 Å². The lowest BCUT2D eigenvalue weighted by molar-refractivity contribution is 0.475. The molecule has 1 heterocycles. The third kappa shape index (κ3) is 1.58. The molecule has 13 heavy (non-hydrogen) atoms. The molecule has 3 nitrogen and oxygen atoms in total. The van der Waals surface area contributed by atoms with E-state index in [2.05, 4.69) is 26.1 Å². The van der Waals surface area contributed by atoms with Crippen molar-refractivity contribution in [3.63, 3.8) is 0 Å². The van der Waals surface area contributed by atoms with Crippen LogP contribution in [-0.4, -0.2) is 15.3 Å². The Hall–Kier alpha value is -1.29. The molecule has 0 radical (unpaired) electrons. The molecule has 0 aliphatic heterocycles. The predicted octanol–water partition coefficient (Wildman–Crippen LogP) is 2.54.